The Labute approximate surface area is 196 Å². The molecule has 168 valence electrons. The first-order valence-electron chi connectivity index (χ1n) is 10.8. The van der Waals surface area contributed by atoms with Gasteiger partial charge in [0.15, 0.2) is 10.8 Å². The van der Waals surface area contributed by atoms with Crippen molar-refractivity contribution in [1.82, 2.24) is 35.4 Å². The van der Waals surface area contributed by atoms with Crippen molar-refractivity contribution in [1.29, 1.82) is 0 Å². The summed E-state index contributed by atoms with van der Waals surface area (Å²) < 4.78 is 3.54. The number of hydrogen-bond acceptors (Lipinski definition) is 5. The van der Waals surface area contributed by atoms with Crippen LogP contribution in [0.5, 0.6) is 0 Å². The molecular formula is C23H24N8OS. The Morgan fingerprint density at radius 1 is 1.21 bits per heavy atom. The standard InChI is InChI=1S/C23H24N8OS/c1-14-20-18(10-19(16-8-9-16)26-21(20)30(2)29-14)22(32)27-28-23(33)25-17-11-24-31(13-17)12-15-6-4-3-5-7-15/h3-7,10-11,13,16H,8-9,12H2,1-2H3,(H,27,32)(H2,25,28,33). The van der Waals surface area contributed by atoms with Gasteiger partial charge in [0, 0.05) is 24.9 Å². The third kappa shape index (κ3) is 4.56. The maximum absolute atomic E-state index is 13.0. The summed E-state index contributed by atoms with van der Waals surface area (Å²) in [7, 11) is 1.84. The molecule has 3 heterocycles. The van der Waals surface area contributed by atoms with Crippen LogP contribution in [0.1, 0.15) is 46.1 Å². The van der Waals surface area contributed by atoms with Gasteiger partial charge in [-0.15, -0.1) is 0 Å². The summed E-state index contributed by atoms with van der Waals surface area (Å²) in [6.45, 7) is 2.54. The van der Waals surface area contributed by atoms with Gasteiger partial charge in [-0.25, -0.2) is 4.98 Å². The molecule has 3 N–H and O–H groups in total. The lowest BCUT2D eigenvalue weighted by Gasteiger charge is -2.12. The van der Waals surface area contributed by atoms with E-state index < -0.39 is 0 Å². The molecule has 4 aromatic rings. The number of benzene rings is 1. The molecule has 0 aliphatic heterocycles. The van der Waals surface area contributed by atoms with Gasteiger partial charge in [-0.05, 0) is 43.6 Å². The van der Waals surface area contributed by atoms with E-state index in [4.69, 9.17) is 17.2 Å². The maximum Gasteiger partial charge on any atom is 0.270 e. The van der Waals surface area contributed by atoms with E-state index in [0.29, 0.717) is 23.7 Å². The lowest BCUT2D eigenvalue weighted by atomic mass is 10.1. The summed E-state index contributed by atoms with van der Waals surface area (Å²) in [6.07, 6.45) is 5.74. The highest BCUT2D eigenvalue weighted by molar-refractivity contribution is 7.80. The number of anilines is 1. The Morgan fingerprint density at radius 2 is 2.00 bits per heavy atom. The molecule has 0 bridgehead atoms. The number of nitrogens with one attached hydrogen (secondary N) is 3. The zero-order valence-corrected chi connectivity index (χ0v) is 19.2. The van der Waals surface area contributed by atoms with Crippen LogP contribution in [0.3, 0.4) is 0 Å². The molecule has 1 amide bonds. The molecule has 1 saturated carbocycles. The van der Waals surface area contributed by atoms with E-state index in [1.165, 1.54) is 0 Å². The Bertz CT molecular complexity index is 1340. The third-order valence-corrected chi connectivity index (χ3v) is 5.80. The Balaban J connectivity index is 1.24. The van der Waals surface area contributed by atoms with Crippen molar-refractivity contribution < 1.29 is 4.79 Å². The summed E-state index contributed by atoms with van der Waals surface area (Å²) in [5, 5.41) is 12.8. The first kappa shape index (κ1) is 21.1. The topological polar surface area (TPSA) is 102 Å². The molecule has 0 atom stereocenters. The van der Waals surface area contributed by atoms with Gasteiger partial charge in [0.25, 0.3) is 5.91 Å². The first-order chi connectivity index (χ1) is 16.0. The van der Waals surface area contributed by atoms with E-state index in [9.17, 15) is 4.79 Å². The minimum atomic E-state index is -0.288. The minimum absolute atomic E-state index is 0.262. The molecule has 3 aromatic heterocycles. The van der Waals surface area contributed by atoms with Crippen LogP contribution in [0.2, 0.25) is 0 Å². The SMILES string of the molecule is Cc1nn(C)c2nc(C3CC3)cc(C(=O)NNC(=S)Nc3cnn(Cc4ccccc4)c3)c12. The number of nitrogens with zero attached hydrogens (tertiary/aromatic N) is 5. The molecule has 1 fully saturated rings. The number of hydrogen-bond donors (Lipinski definition) is 3. The summed E-state index contributed by atoms with van der Waals surface area (Å²) >= 11 is 5.34. The van der Waals surface area contributed by atoms with Crippen LogP contribution in [-0.4, -0.2) is 35.6 Å². The number of pyridine rings is 1. The van der Waals surface area contributed by atoms with Crippen LogP contribution in [0.25, 0.3) is 11.0 Å². The molecule has 0 unspecified atom stereocenters. The summed E-state index contributed by atoms with van der Waals surface area (Å²) in [5.41, 5.74) is 10.3. The number of fused-ring (bicyclic) bond motifs is 1. The first-order valence-corrected chi connectivity index (χ1v) is 11.2. The number of hydrazine groups is 1. The van der Waals surface area contributed by atoms with Crippen molar-refractivity contribution in [2.75, 3.05) is 5.32 Å². The number of aryl methyl sites for hydroxylation is 2. The predicted molar refractivity (Wildman–Crippen MR) is 130 cm³/mol. The van der Waals surface area contributed by atoms with Gasteiger partial charge in [-0.1, -0.05) is 30.3 Å². The van der Waals surface area contributed by atoms with Gasteiger partial charge in [0.1, 0.15) is 0 Å². The molecule has 33 heavy (non-hydrogen) atoms. The molecule has 1 aliphatic carbocycles. The lowest BCUT2D eigenvalue weighted by Crippen LogP contribution is -2.43. The van der Waals surface area contributed by atoms with E-state index in [0.717, 1.165) is 40.9 Å². The normalized spacial score (nSPS) is 13.2. The molecular weight excluding hydrogens is 436 g/mol. The second kappa shape index (κ2) is 8.62. The van der Waals surface area contributed by atoms with Crippen molar-refractivity contribution in [3.8, 4) is 0 Å². The Hall–Kier alpha value is -3.79. The number of aromatic nitrogens is 5. The summed E-state index contributed by atoms with van der Waals surface area (Å²) in [4.78, 5) is 17.8. The molecule has 5 rings (SSSR count). The second-order valence-electron chi connectivity index (χ2n) is 8.22. The number of carbonyl (C=O) groups is 1. The van der Waals surface area contributed by atoms with E-state index in [-0.39, 0.29) is 11.0 Å². The number of carbonyl (C=O) groups excluding carboxylic acids is 1. The van der Waals surface area contributed by atoms with E-state index in [2.05, 4.69) is 26.4 Å². The van der Waals surface area contributed by atoms with Crippen LogP contribution < -0.4 is 16.2 Å². The van der Waals surface area contributed by atoms with Crippen LogP contribution in [0, 0.1) is 6.92 Å². The minimum Gasteiger partial charge on any atom is -0.329 e. The van der Waals surface area contributed by atoms with Crippen molar-refractivity contribution in [3.05, 3.63) is 71.3 Å². The zero-order chi connectivity index (χ0) is 22.9. The molecule has 1 aromatic carbocycles. The average molecular weight is 461 g/mol. The van der Waals surface area contributed by atoms with Gasteiger partial charge < -0.3 is 5.32 Å². The van der Waals surface area contributed by atoms with Gasteiger partial charge >= 0.3 is 0 Å². The summed E-state index contributed by atoms with van der Waals surface area (Å²) in [6, 6.07) is 11.9. The van der Waals surface area contributed by atoms with Crippen molar-refractivity contribution in [2.24, 2.45) is 7.05 Å². The van der Waals surface area contributed by atoms with Crippen LogP contribution in [0.15, 0.2) is 48.8 Å². The Morgan fingerprint density at radius 3 is 2.76 bits per heavy atom. The van der Waals surface area contributed by atoms with Crippen molar-refractivity contribution in [2.45, 2.75) is 32.2 Å². The fraction of sp³-hybridized carbons (Fsp3) is 0.261. The van der Waals surface area contributed by atoms with E-state index in [1.807, 2.05) is 61.2 Å². The van der Waals surface area contributed by atoms with Crippen LogP contribution in [0.4, 0.5) is 5.69 Å². The maximum atomic E-state index is 13.0. The highest BCUT2D eigenvalue weighted by Crippen LogP contribution is 2.40. The molecule has 0 saturated heterocycles. The van der Waals surface area contributed by atoms with Crippen LogP contribution in [-0.2, 0) is 13.6 Å². The number of amides is 1. The highest BCUT2D eigenvalue weighted by atomic mass is 32.1. The van der Waals surface area contributed by atoms with Gasteiger partial charge in [0.05, 0.1) is 35.1 Å². The van der Waals surface area contributed by atoms with Gasteiger partial charge in [0.2, 0.25) is 0 Å². The Kier molecular flexibility index (Phi) is 5.51. The van der Waals surface area contributed by atoms with Gasteiger partial charge in [-0.2, -0.15) is 10.2 Å². The van der Waals surface area contributed by atoms with E-state index >= 15 is 0 Å². The number of thiocarbonyl (C=S) groups is 1. The highest BCUT2D eigenvalue weighted by Gasteiger charge is 2.28. The monoisotopic (exact) mass is 460 g/mol. The predicted octanol–water partition coefficient (Wildman–Crippen LogP) is 3.03. The van der Waals surface area contributed by atoms with Crippen LogP contribution >= 0.6 is 12.2 Å². The fourth-order valence-electron chi connectivity index (χ4n) is 3.86. The zero-order valence-electron chi connectivity index (χ0n) is 18.4. The molecule has 1 aliphatic rings. The molecule has 10 heteroatoms. The molecule has 9 nitrogen and oxygen atoms in total. The largest absolute Gasteiger partial charge is 0.329 e. The fourth-order valence-corrected chi connectivity index (χ4v) is 4.03. The van der Waals surface area contributed by atoms with E-state index in [1.54, 1.807) is 10.9 Å². The quantitative estimate of drug-likeness (QED) is 0.311. The molecule has 0 spiro atoms. The van der Waals surface area contributed by atoms with Crippen molar-refractivity contribution in [3.63, 3.8) is 0 Å². The van der Waals surface area contributed by atoms with Gasteiger partial charge in [-0.3, -0.25) is 25.0 Å². The molecule has 0 radical (unpaired) electrons. The smallest absolute Gasteiger partial charge is 0.270 e. The summed E-state index contributed by atoms with van der Waals surface area (Å²) in [5.74, 6) is 0.128. The van der Waals surface area contributed by atoms with Crippen molar-refractivity contribution >= 4 is 40.0 Å². The second-order valence-corrected chi connectivity index (χ2v) is 8.63. The lowest BCUT2D eigenvalue weighted by molar-refractivity contribution is 0.0945. The average Bonchev–Trinajstić information content (AvgIpc) is 3.51. The number of rotatable bonds is 5. The third-order valence-electron chi connectivity index (χ3n) is 5.60.